The third kappa shape index (κ3) is 3.48. The first-order valence-corrected chi connectivity index (χ1v) is 6.76. The van der Waals surface area contributed by atoms with Gasteiger partial charge in [0.1, 0.15) is 5.82 Å². The smallest absolute Gasteiger partial charge is 0.229 e. The van der Waals surface area contributed by atoms with Crippen molar-refractivity contribution in [2.24, 2.45) is 0 Å². The van der Waals surface area contributed by atoms with E-state index in [0.717, 1.165) is 11.8 Å². The van der Waals surface area contributed by atoms with Gasteiger partial charge in [-0.15, -0.1) is 0 Å². The fourth-order valence-corrected chi connectivity index (χ4v) is 1.83. The molecule has 1 N–H and O–H groups in total. The molecular weight excluding hydrogens is 229 g/mol. The summed E-state index contributed by atoms with van der Waals surface area (Å²) in [4.78, 5) is 0. The Bertz CT molecular complexity index is 489. The molecule has 0 aliphatic heterocycles. The zero-order valence-electron chi connectivity index (χ0n) is 9.83. The molecule has 0 fully saturated rings. The fraction of sp³-hybridized carbons (Fsp3) is 0.455. The number of anilines is 1. The minimum Gasteiger partial charge on any atom is -0.281 e. The summed E-state index contributed by atoms with van der Waals surface area (Å²) >= 11 is 0. The van der Waals surface area contributed by atoms with Crippen LogP contribution in [0.1, 0.15) is 26.3 Å². The van der Waals surface area contributed by atoms with Crippen molar-refractivity contribution in [2.45, 2.75) is 26.2 Å². The number of benzene rings is 1. The van der Waals surface area contributed by atoms with Crippen LogP contribution >= 0.6 is 0 Å². The Morgan fingerprint density at radius 1 is 1.25 bits per heavy atom. The molecule has 0 bridgehead atoms. The molecule has 1 aromatic rings. The molecule has 0 unspecified atom stereocenters. The molecule has 0 radical (unpaired) electrons. The van der Waals surface area contributed by atoms with E-state index in [0.29, 0.717) is 0 Å². The predicted molar refractivity (Wildman–Crippen MR) is 63.6 cm³/mol. The standard InChI is InChI=1S/C11H16FNO2S/c1-11(2,3)8-5-6-9(12)10(7-8)13-16(4,14)15/h5-7,13H,1-4H3. The molecule has 5 heteroatoms. The largest absolute Gasteiger partial charge is 0.281 e. The quantitative estimate of drug-likeness (QED) is 0.870. The van der Waals surface area contributed by atoms with Crippen LogP contribution in [0.4, 0.5) is 10.1 Å². The molecule has 0 aromatic heterocycles. The van der Waals surface area contributed by atoms with Crippen LogP contribution in [0, 0.1) is 5.82 Å². The van der Waals surface area contributed by atoms with Crippen molar-refractivity contribution in [1.82, 2.24) is 0 Å². The molecule has 0 saturated heterocycles. The summed E-state index contributed by atoms with van der Waals surface area (Å²) in [5.74, 6) is -0.571. The molecule has 16 heavy (non-hydrogen) atoms. The first kappa shape index (κ1) is 13.0. The van der Waals surface area contributed by atoms with Gasteiger partial charge in [0.15, 0.2) is 0 Å². The Labute approximate surface area is 95.7 Å². The van der Waals surface area contributed by atoms with Crippen LogP contribution in [0.5, 0.6) is 0 Å². The third-order valence-corrected chi connectivity index (χ3v) is 2.72. The highest BCUT2D eigenvalue weighted by Gasteiger charge is 2.16. The van der Waals surface area contributed by atoms with E-state index in [1.807, 2.05) is 20.8 Å². The SMILES string of the molecule is CC(C)(C)c1ccc(F)c(NS(C)(=O)=O)c1. The fourth-order valence-electron chi connectivity index (χ4n) is 1.27. The average Bonchev–Trinajstić information content (AvgIpc) is 2.04. The highest BCUT2D eigenvalue weighted by molar-refractivity contribution is 7.92. The Kier molecular flexibility index (Phi) is 3.28. The lowest BCUT2D eigenvalue weighted by atomic mass is 9.87. The Balaban J connectivity index is 3.20. The Morgan fingerprint density at radius 2 is 1.81 bits per heavy atom. The van der Waals surface area contributed by atoms with Gasteiger partial charge in [0.25, 0.3) is 0 Å². The number of sulfonamides is 1. The summed E-state index contributed by atoms with van der Waals surface area (Å²) in [5, 5.41) is 0. The maximum Gasteiger partial charge on any atom is 0.229 e. The molecule has 0 amide bonds. The van der Waals surface area contributed by atoms with Crippen molar-refractivity contribution in [3.63, 3.8) is 0 Å². The van der Waals surface area contributed by atoms with Gasteiger partial charge < -0.3 is 0 Å². The second-order valence-corrected chi connectivity index (χ2v) is 6.57. The van der Waals surface area contributed by atoms with E-state index in [-0.39, 0.29) is 11.1 Å². The maximum atomic E-state index is 13.4. The van der Waals surface area contributed by atoms with E-state index in [9.17, 15) is 12.8 Å². The van der Waals surface area contributed by atoms with E-state index < -0.39 is 15.8 Å². The van der Waals surface area contributed by atoms with Crippen molar-refractivity contribution in [1.29, 1.82) is 0 Å². The number of nitrogens with one attached hydrogen (secondary N) is 1. The number of hydrogen-bond acceptors (Lipinski definition) is 2. The normalized spacial score (nSPS) is 12.6. The Morgan fingerprint density at radius 3 is 2.25 bits per heavy atom. The second-order valence-electron chi connectivity index (χ2n) is 4.82. The third-order valence-electron chi connectivity index (χ3n) is 2.13. The van der Waals surface area contributed by atoms with Crippen molar-refractivity contribution < 1.29 is 12.8 Å². The van der Waals surface area contributed by atoms with Crippen molar-refractivity contribution in [3.05, 3.63) is 29.6 Å². The van der Waals surface area contributed by atoms with E-state index in [1.165, 1.54) is 12.1 Å². The average molecular weight is 245 g/mol. The first-order valence-electron chi connectivity index (χ1n) is 4.87. The van der Waals surface area contributed by atoms with Crippen LogP contribution < -0.4 is 4.72 Å². The summed E-state index contributed by atoms with van der Waals surface area (Å²) in [6.07, 6.45) is 0.996. The molecule has 1 aromatic carbocycles. The number of rotatable bonds is 2. The van der Waals surface area contributed by atoms with E-state index in [1.54, 1.807) is 6.07 Å². The summed E-state index contributed by atoms with van der Waals surface area (Å²) in [6.45, 7) is 5.93. The van der Waals surface area contributed by atoms with Gasteiger partial charge in [-0.25, -0.2) is 12.8 Å². The second kappa shape index (κ2) is 4.05. The highest BCUT2D eigenvalue weighted by Crippen LogP contribution is 2.26. The minimum absolute atomic E-state index is 0.00470. The summed E-state index contributed by atoms with van der Waals surface area (Å²) < 4.78 is 37.6. The molecule has 0 atom stereocenters. The van der Waals surface area contributed by atoms with Gasteiger partial charge in [0, 0.05) is 0 Å². The van der Waals surface area contributed by atoms with Crippen molar-refractivity contribution in [3.8, 4) is 0 Å². The van der Waals surface area contributed by atoms with Gasteiger partial charge in [0.2, 0.25) is 10.0 Å². The van der Waals surface area contributed by atoms with Crippen LogP contribution in [0.2, 0.25) is 0 Å². The summed E-state index contributed by atoms with van der Waals surface area (Å²) in [7, 11) is -3.45. The molecule has 90 valence electrons. The van der Waals surface area contributed by atoms with Crippen LogP contribution in [-0.4, -0.2) is 14.7 Å². The lowest BCUT2D eigenvalue weighted by molar-refractivity contribution is 0.583. The van der Waals surface area contributed by atoms with Crippen LogP contribution in [0.15, 0.2) is 18.2 Å². The molecular formula is C11H16FNO2S. The molecule has 0 spiro atoms. The lowest BCUT2D eigenvalue weighted by Crippen LogP contribution is -2.15. The van der Waals surface area contributed by atoms with Crippen LogP contribution in [-0.2, 0) is 15.4 Å². The molecule has 0 aliphatic rings. The van der Waals surface area contributed by atoms with Gasteiger partial charge in [-0.3, -0.25) is 4.72 Å². The minimum atomic E-state index is -3.45. The molecule has 0 saturated carbocycles. The lowest BCUT2D eigenvalue weighted by Gasteiger charge is -2.20. The number of hydrogen-bond donors (Lipinski definition) is 1. The topological polar surface area (TPSA) is 46.2 Å². The zero-order chi connectivity index (χ0) is 12.6. The van der Waals surface area contributed by atoms with Gasteiger partial charge in [0.05, 0.1) is 11.9 Å². The maximum absolute atomic E-state index is 13.4. The molecule has 0 heterocycles. The molecule has 1 rings (SSSR count). The van der Waals surface area contributed by atoms with Gasteiger partial charge in [-0.05, 0) is 23.1 Å². The predicted octanol–water partition coefficient (Wildman–Crippen LogP) is 2.49. The molecule has 0 aliphatic carbocycles. The molecule has 3 nitrogen and oxygen atoms in total. The van der Waals surface area contributed by atoms with Gasteiger partial charge in [-0.2, -0.15) is 0 Å². The highest BCUT2D eigenvalue weighted by atomic mass is 32.2. The van der Waals surface area contributed by atoms with E-state index in [4.69, 9.17) is 0 Å². The van der Waals surface area contributed by atoms with Crippen LogP contribution in [0.3, 0.4) is 0 Å². The first-order chi connectivity index (χ1) is 7.09. The Hall–Kier alpha value is -1.10. The number of halogens is 1. The monoisotopic (exact) mass is 245 g/mol. The summed E-state index contributed by atoms with van der Waals surface area (Å²) in [6, 6.07) is 4.45. The van der Waals surface area contributed by atoms with Gasteiger partial charge >= 0.3 is 0 Å². The van der Waals surface area contributed by atoms with E-state index in [2.05, 4.69) is 4.72 Å². The van der Waals surface area contributed by atoms with Crippen molar-refractivity contribution in [2.75, 3.05) is 11.0 Å². The van der Waals surface area contributed by atoms with Gasteiger partial charge in [-0.1, -0.05) is 26.8 Å². The summed E-state index contributed by atoms with van der Waals surface area (Å²) in [5.41, 5.74) is 0.719. The van der Waals surface area contributed by atoms with Crippen molar-refractivity contribution >= 4 is 15.7 Å². The van der Waals surface area contributed by atoms with E-state index >= 15 is 0 Å². The van der Waals surface area contributed by atoms with Crippen LogP contribution in [0.25, 0.3) is 0 Å². The zero-order valence-corrected chi connectivity index (χ0v) is 10.7.